The van der Waals surface area contributed by atoms with Crippen LogP contribution in [0, 0.1) is 0 Å². The Labute approximate surface area is 102 Å². The molecule has 16 heavy (non-hydrogen) atoms. The van der Waals surface area contributed by atoms with Gasteiger partial charge in [0.05, 0.1) is 4.47 Å². The topological polar surface area (TPSA) is 55.3 Å². The third-order valence-electron chi connectivity index (χ3n) is 2.49. The van der Waals surface area contributed by atoms with E-state index in [-0.39, 0.29) is 6.10 Å². The van der Waals surface area contributed by atoms with Gasteiger partial charge in [-0.15, -0.1) is 0 Å². The number of likely N-dealkylation sites (tertiary alicyclic amines) is 1. The quantitative estimate of drug-likeness (QED) is 0.784. The van der Waals surface area contributed by atoms with Crippen molar-refractivity contribution in [2.45, 2.75) is 18.9 Å². The van der Waals surface area contributed by atoms with E-state index >= 15 is 0 Å². The lowest BCUT2D eigenvalue weighted by Crippen LogP contribution is -2.37. The number of aromatic nitrogens is 2. The van der Waals surface area contributed by atoms with Crippen LogP contribution < -0.4 is 4.74 Å². The van der Waals surface area contributed by atoms with E-state index in [2.05, 4.69) is 25.9 Å². The van der Waals surface area contributed by atoms with Gasteiger partial charge in [0.25, 0.3) is 0 Å². The van der Waals surface area contributed by atoms with Gasteiger partial charge in [-0.05, 0) is 15.9 Å². The fourth-order valence-corrected chi connectivity index (χ4v) is 1.81. The first-order chi connectivity index (χ1) is 7.78. The third kappa shape index (κ3) is 2.91. The molecule has 0 saturated carbocycles. The summed E-state index contributed by atoms with van der Waals surface area (Å²) >= 11 is 3.26. The van der Waals surface area contributed by atoms with E-state index in [1.54, 1.807) is 17.3 Å². The van der Waals surface area contributed by atoms with Crippen LogP contribution in [0.15, 0.2) is 16.9 Å². The molecule has 1 aliphatic heterocycles. The highest BCUT2D eigenvalue weighted by Crippen LogP contribution is 2.15. The maximum absolute atomic E-state index is 10.5. The zero-order valence-electron chi connectivity index (χ0n) is 8.67. The van der Waals surface area contributed by atoms with Gasteiger partial charge in [0.2, 0.25) is 6.41 Å². The van der Waals surface area contributed by atoms with Crippen molar-refractivity contribution in [3.63, 3.8) is 0 Å². The van der Waals surface area contributed by atoms with Crippen molar-refractivity contribution in [1.82, 2.24) is 14.9 Å². The Balaban J connectivity index is 1.86. The number of rotatable bonds is 3. The van der Waals surface area contributed by atoms with Crippen molar-refractivity contribution >= 4 is 22.3 Å². The Kier molecular flexibility index (Phi) is 3.71. The first-order valence-corrected chi connectivity index (χ1v) is 5.91. The summed E-state index contributed by atoms with van der Waals surface area (Å²) in [6.45, 7) is 1.48. The van der Waals surface area contributed by atoms with E-state index in [4.69, 9.17) is 4.74 Å². The lowest BCUT2D eigenvalue weighted by Gasteiger charge is -2.28. The Morgan fingerprint density at radius 2 is 2.00 bits per heavy atom. The van der Waals surface area contributed by atoms with E-state index in [9.17, 15) is 4.79 Å². The largest absolute Gasteiger partial charge is 0.460 e. The fraction of sp³-hybridized carbons (Fsp3) is 0.500. The molecule has 1 amide bonds. The van der Waals surface area contributed by atoms with E-state index < -0.39 is 0 Å². The second-order valence-electron chi connectivity index (χ2n) is 3.64. The minimum Gasteiger partial charge on any atom is -0.460 e. The standard InChI is InChI=1S/C10H12BrN3O2/c11-8-5-12-10(13-6-8)16-9-1-3-14(7-15)4-2-9/h5-7,9H,1-4H2. The molecule has 0 atom stereocenters. The number of carbonyl (C=O) groups is 1. The number of carbonyl (C=O) groups excluding carboxylic acids is 1. The van der Waals surface area contributed by atoms with Crippen molar-refractivity contribution in [3.8, 4) is 6.01 Å². The summed E-state index contributed by atoms with van der Waals surface area (Å²) in [4.78, 5) is 20.4. The summed E-state index contributed by atoms with van der Waals surface area (Å²) in [5.41, 5.74) is 0. The predicted molar refractivity (Wildman–Crippen MR) is 61.0 cm³/mol. The van der Waals surface area contributed by atoms with Crippen LogP contribution in [-0.2, 0) is 4.79 Å². The predicted octanol–water partition coefficient (Wildman–Crippen LogP) is 1.24. The molecular formula is C10H12BrN3O2. The smallest absolute Gasteiger partial charge is 0.316 e. The van der Waals surface area contributed by atoms with Gasteiger partial charge >= 0.3 is 6.01 Å². The summed E-state index contributed by atoms with van der Waals surface area (Å²) in [7, 11) is 0. The Morgan fingerprint density at radius 1 is 1.38 bits per heavy atom. The number of ether oxygens (including phenoxy) is 1. The normalized spacial score (nSPS) is 17.2. The summed E-state index contributed by atoms with van der Waals surface area (Å²) in [6, 6.07) is 0.396. The Morgan fingerprint density at radius 3 is 2.56 bits per heavy atom. The number of piperidine rings is 1. The van der Waals surface area contributed by atoms with Crippen LogP contribution in [0.5, 0.6) is 6.01 Å². The molecule has 2 heterocycles. The zero-order chi connectivity index (χ0) is 11.4. The van der Waals surface area contributed by atoms with Crippen molar-refractivity contribution in [2.24, 2.45) is 0 Å². The third-order valence-corrected chi connectivity index (χ3v) is 2.90. The molecule has 1 aliphatic rings. The van der Waals surface area contributed by atoms with Crippen molar-refractivity contribution in [3.05, 3.63) is 16.9 Å². The molecule has 0 bridgehead atoms. The first-order valence-electron chi connectivity index (χ1n) is 5.11. The van der Waals surface area contributed by atoms with Gasteiger partial charge in [0.15, 0.2) is 0 Å². The molecule has 0 spiro atoms. The molecule has 1 saturated heterocycles. The second-order valence-corrected chi connectivity index (χ2v) is 4.56. The van der Waals surface area contributed by atoms with Gasteiger partial charge in [-0.25, -0.2) is 9.97 Å². The van der Waals surface area contributed by atoms with Crippen LogP contribution in [-0.4, -0.2) is 40.5 Å². The summed E-state index contributed by atoms with van der Waals surface area (Å²) in [5.74, 6) is 0. The van der Waals surface area contributed by atoms with Crippen LogP contribution in [0.2, 0.25) is 0 Å². The lowest BCUT2D eigenvalue weighted by molar-refractivity contribution is -0.119. The first kappa shape index (κ1) is 11.3. The van der Waals surface area contributed by atoms with Crippen LogP contribution in [0.1, 0.15) is 12.8 Å². The fourth-order valence-electron chi connectivity index (χ4n) is 1.61. The van der Waals surface area contributed by atoms with Gasteiger partial charge < -0.3 is 9.64 Å². The van der Waals surface area contributed by atoms with Gasteiger partial charge in [0.1, 0.15) is 6.10 Å². The van der Waals surface area contributed by atoms with E-state index in [1.165, 1.54) is 0 Å². The molecule has 5 nitrogen and oxygen atoms in total. The average Bonchev–Trinajstić information content (AvgIpc) is 2.33. The van der Waals surface area contributed by atoms with Crippen molar-refractivity contribution < 1.29 is 9.53 Å². The molecule has 6 heteroatoms. The Hall–Kier alpha value is -1.17. The molecule has 0 unspecified atom stereocenters. The van der Waals surface area contributed by atoms with Crippen LogP contribution >= 0.6 is 15.9 Å². The number of hydrogen-bond acceptors (Lipinski definition) is 4. The molecule has 2 rings (SSSR count). The number of amides is 1. The van der Waals surface area contributed by atoms with Crippen LogP contribution in [0.25, 0.3) is 0 Å². The highest BCUT2D eigenvalue weighted by atomic mass is 79.9. The van der Waals surface area contributed by atoms with Gasteiger partial charge in [-0.3, -0.25) is 4.79 Å². The van der Waals surface area contributed by atoms with Crippen LogP contribution in [0.3, 0.4) is 0 Å². The number of nitrogens with zero attached hydrogens (tertiary/aromatic N) is 3. The number of hydrogen-bond donors (Lipinski definition) is 0. The summed E-state index contributed by atoms with van der Waals surface area (Å²) in [5, 5.41) is 0. The minimum absolute atomic E-state index is 0.109. The number of halogens is 1. The van der Waals surface area contributed by atoms with E-state index in [0.29, 0.717) is 6.01 Å². The van der Waals surface area contributed by atoms with Gasteiger partial charge in [0, 0.05) is 38.3 Å². The summed E-state index contributed by atoms with van der Waals surface area (Å²) < 4.78 is 6.45. The highest BCUT2D eigenvalue weighted by Gasteiger charge is 2.19. The monoisotopic (exact) mass is 285 g/mol. The summed E-state index contributed by atoms with van der Waals surface area (Å²) in [6.07, 6.45) is 5.96. The maximum Gasteiger partial charge on any atom is 0.316 e. The molecule has 0 aliphatic carbocycles. The maximum atomic E-state index is 10.5. The molecule has 0 radical (unpaired) electrons. The second kappa shape index (κ2) is 5.25. The van der Waals surface area contributed by atoms with Gasteiger partial charge in [-0.2, -0.15) is 0 Å². The Bertz CT molecular complexity index is 350. The minimum atomic E-state index is 0.109. The highest BCUT2D eigenvalue weighted by molar-refractivity contribution is 9.10. The molecule has 0 aromatic carbocycles. The molecule has 86 valence electrons. The molecule has 1 fully saturated rings. The zero-order valence-corrected chi connectivity index (χ0v) is 10.3. The lowest BCUT2D eigenvalue weighted by atomic mass is 10.1. The van der Waals surface area contributed by atoms with Gasteiger partial charge in [-0.1, -0.05) is 0 Å². The molecule has 1 aromatic rings. The average molecular weight is 286 g/mol. The SMILES string of the molecule is O=CN1CCC(Oc2ncc(Br)cn2)CC1. The van der Waals surface area contributed by atoms with Crippen molar-refractivity contribution in [2.75, 3.05) is 13.1 Å². The molecule has 1 aromatic heterocycles. The van der Waals surface area contributed by atoms with Crippen molar-refractivity contribution in [1.29, 1.82) is 0 Å². The van der Waals surface area contributed by atoms with E-state index in [0.717, 1.165) is 36.8 Å². The molecule has 0 N–H and O–H groups in total. The van der Waals surface area contributed by atoms with E-state index in [1.807, 2.05) is 0 Å². The van der Waals surface area contributed by atoms with Crippen LogP contribution in [0.4, 0.5) is 0 Å². The molecular weight excluding hydrogens is 274 g/mol.